The minimum Gasteiger partial charge on any atom is -0.352 e. The second-order valence-electron chi connectivity index (χ2n) is 3.06. The van der Waals surface area contributed by atoms with E-state index in [1.807, 2.05) is 13.8 Å². The molecule has 17 heavy (non-hydrogen) atoms. The number of carbonyl (C=O) groups excluding carboxylic acids is 1. The third-order valence-electron chi connectivity index (χ3n) is 1.85. The first-order valence-corrected chi connectivity index (χ1v) is 5.31. The van der Waals surface area contributed by atoms with Gasteiger partial charge in [0.25, 0.3) is 0 Å². The molecule has 1 aromatic rings. The number of carbonyl (C=O) groups is 1. The van der Waals surface area contributed by atoms with Crippen molar-refractivity contribution < 1.29 is 18.0 Å². The molecule has 0 saturated carbocycles. The molecule has 0 spiro atoms. The van der Waals surface area contributed by atoms with Crippen molar-refractivity contribution in [1.29, 1.82) is 0 Å². The predicted molar refractivity (Wildman–Crippen MR) is 60.3 cm³/mol. The summed E-state index contributed by atoms with van der Waals surface area (Å²) < 4.78 is 37.4. The highest BCUT2D eigenvalue weighted by atomic mass is 19.4. The van der Waals surface area contributed by atoms with Crippen molar-refractivity contribution in [1.82, 2.24) is 5.32 Å². The zero-order chi connectivity index (χ0) is 13.5. The Morgan fingerprint density at radius 1 is 1.24 bits per heavy atom. The highest BCUT2D eigenvalue weighted by molar-refractivity contribution is 5.72. The largest absolute Gasteiger partial charge is 0.416 e. The van der Waals surface area contributed by atoms with Crippen molar-refractivity contribution in [2.75, 3.05) is 0 Å². The van der Waals surface area contributed by atoms with Crippen LogP contribution in [0.2, 0.25) is 0 Å². The molecular formula is C12H16F3NO. The number of alkyl halides is 3. The molecule has 2 nitrogen and oxygen atoms in total. The van der Waals surface area contributed by atoms with Gasteiger partial charge in [0.2, 0.25) is 5.91 Å². The molecule has 0 aliphatic rings. The summed E-state index contributed by atoms with van der Waals surface area (Å²) in [6, 6.07) is 5.17. The standard InChI is InChI=1S/C10H10F3NO.C2H6/c1-7(15)14-6-8-4-2-3-5-9(8)10(11,12)13;1-2/h2-5H,6H2,1H3,(H,14,15);1-2H3. The average Bonchev–Trinajstić information content (AvgIpc) is 2.28. The lowest BCUT2D eigenvalue weighted by Crippen LogP contribution is -2.21. The van der Waals surface area contributed by atoms with Crippen molar-refractivity contribution in [3.63, 3.8) is 0 Å². The van der Waals surface area contributed by atoms with Crippen LogP contribution >= 0.6 is 0 Å². The normalized spacial score (nSPS) is 10.2. The number of nitrogens with one attached hydrogen (secondary N) is 1. The van der Waals surface area contributed by atoms with Crippen molar-refractivity contribution >= 4 is 5.91 Å². The van der Waals surface area contributed by atoms with Gasteiger partial charge in [0.15, 0.2) is 0 Å². The van der Waals surface area contributed by atoms with Gasteiger partial charge in [-0.1, -0.05) is 32.0 Å². The highest BCUT2D eigenvalue weighted by Crippen LogP contribution is 2.31. The smallest absolute Gasteiger partial charge is 0.352 e. The number of rotatable bonds is 2. The quantitative estimate of drug-likeness (QED) is 0.853. The van der Waals surface area contributed by atoms with Gasteiger partial charge in [-0.05, 0) is 11.6 Å². The van der Waals surface area contributed by atoms with E-state index >= 15 is 0 Å². The molecule has 0 saturated heterocycles. The highest BCUT2D eigenvalue weighted by Gasteiger charge is 2.32. The second kappa shape index (κ2) is 6.93. The molecule has 1 rings (SSSR count). The van der Waals surface area contributed by atoms with Crippen molar-refractivity contribution in [3.8, 4) is 0 Å². The summed E-state index contributed by atoms with van der Waals surface area (Å²) in [6.45, 7) is 5.15. The molecule has 0 unspecified atom stereocenters. The van der Waals surface area contributed by atoms with Gasteiger partial charge < -0.3 is 5.32 Å². The van der Waals surface area contributed by atoms with Crippen LogP contribution < -0.4 is 5.32 Å². The molecule has 1 aromatic carbocycles. The number of hydrogen-bond acceptors (Lipinski definition) is 1. The molecule has 0 aromatic heterocycles. The van der Waals surface area contributed by atoms with Gasteiger partial charge in [0, 0.05) is 13.5 Å². The van der Waals surface area contributed by atoms with Crippen LogP contribution in [0.5, 0.6) is 0 Å². The Balaban J connectivity index is 0.00000121. The Morgan fingerprint density at radius 2 is 1.76 bits per heavy atom. The summed E-state index contributed by atoms with van der Waals surface area (Å²) in [7, 11) is 0. The fraction of sp³-hybridized carbons (Fsp3) is 0.417. The van der Waals surface area contributed by atoms with E-state index in [2.05, 4.69) is 5.32 Å². The Kier molecular flexibility index (Phi) is 6.31. The summed E-state index contributed by atoms with van der Waals surface area (Å²) >= 11 is 0. The minimum absolute atomic E-state index is 0.0696. The Labute approximate surface area is 98.8 Å². The molecule has 0 radical (unpaired) electrons. The van der Waals surface area contributed by atoms with Crippen molar-refractivity contribution in [3.05, 3.63) is 35.4 Å². The molecule has 0 heterocycles. The second-order valence-corrected chi connectivity index (χ2v) is 3.06. The Hall–Kier alpha value is -1.52. The number of amides is 1. The summed E-state index contributed by atoms with van der Waals surface area (Å²) in [6.07, 6.45) is -4.38. The van der Waals surface area contributed by atoms with E-state index in [4.69, 9.17) is 0 Å². The van der Waals surface area contributed by atoms with Crippen LogP contribution in [0.4, 0.5) is 13.2 Å². The molecule has 96 valence electrons. The van der Waals surface area contributed by atoms with E-state index in [1.54, 1.807) is 0 Å². The molecule has 0 aliphatic carbocycles. The maximum atomic E-state index is 12.5. The SMILES string of the molecule is CC.CC(=O)NCc1ccccc1C(F)(F)F. The van der Waals surface area contributed by atoms with Crippen LogP contribution in [0.1, 0.15) is 31.9 Å². The average molecular weight is 247 g/mol. The molecule has 0 atom stereocenters. The molecule has 5 heteroatoms. The lowest BCUT2D eigenvalue weighted by Gasteiger charge is -2.12. The minimum atomic E-state index is -4.38. The summed E-state index contributed by atoms with van der Waals surface area (Å²) in [5, 5.41) is 2.34. The molecule has 0 bridgehead atoms. The predicted octanol–water partition coefficient (Wildman–Crippen LogP) is 3.37. The van der Waals surface area contributed by atoms with Gasteiger partial charge in [-0.2, -0.15) is 13.2 Å². The van der Waals surface area contributed by atoms with E-state index in [9.17, 15) is 18.0 Å². The van der Waals surface area contributed by atoms with Gasteiger partial charge in [-0.15, -0.1) is 0 Å². The number of halogens is 3. The monoisotopic (exact) mass is 247 g/mol. The van der Waals surface area contributed by atoms with Crippen LogP contribution in [0.15, 0.2) is 24.3 Å². The maximum Gasteiger partial charge on any atom is 0.416 e. The summed E-state index contributed by atoms with van der Waals surface area (Å²) in [5.41, 5.74) is -0.640. The van der Waals surface area contributed by atoms with Crippen molar-refractivity contribution in [2.45, 2.75) is 33.5 Å². The molecule has 1 N–H and O–H groups in total. The summed E-state index contributed by atoms with van der Waals surface area (Å²) in [4.78, 5) is 10.6. The third-order valence-corrected chi connectivity index (χ3v) is 1.85. The molecule has 1 amide bonds. The van der Waals surface area contributed by atoms with E-state index in [0.29, 0.717) is 0 Å². The Morgan fingerprint density at radius 3 is 2.24 bits per heavy atom. The lowest BCUT2D eigenvalue weighted by molar-refractivity contribution is -0.138. The van der Waals surface area contributed by atoms with Gasteiger partial charge in [0.1, 0.15) is 0 Å². The van der Waals surface area contributed by atoms with Crippen LogP contribution in [0.3, 0.4) is 0 Å². The van der Waals surface area contributed by atoms with Crippen LogP contribution in [0.25, 0.3) is 0 Å². The number of hydrogen-bond donors (Lipinski definition) is 1. The first kappa shape index (κ1) is 15.5. The molecule has 0 fully saturated rings. The van der Waals surface area contributed by atoms with Gasteiger partial charge in [-0.3, -0.25) is 4.79 Å². The molecular weight excluding hydrogens is 231 g/mol. The first-order chi connectivity index (χ1) is 7.91. The van der Waals surface area contributed by atoms with Crippen molar-refractivity contribution in [2.24, 2.45) is 0 Å². The van der Waals surface area contributed by atoms with E-state index in [0.717, 1.165) is 6.07 Å². The third kappa shape index (κ3) is 5.38. The van der Waals surface area contributed by atoms with Crippen LogP contribution in [-0.4, -0.2) is 5.91 Å². The van der Waals surface area contributed by atoms with Crippen LogP contribution in [0, 0.1) is 0 Å². The number of benzene rings is 1. The lowest BCUT2D eigenvalue weighted by atomic mass is 10.1. The zero-order valence-electron chi connectivity index (χ0n) is 10.1. The van der Waals surface area contributed by atoms with E-state index < -0.39 is 11.7 Å². The van der Waals surface area contributed by atoms with Crippen LogP contribution in [-0.2, 0) is 17.5 Å². The van der Waals surface area contributed by atoms with Gasteiger partial charge >= 0.3 is 6.18 Å². The maximum absolute atomic E-state index is 12.5. The summed E-state index contributed by atoms with van der Waals surface area (Å²) in [5.74, 6) is -0.355. The molecule has 0 aliphatic heterocycles. The fourth-order valence-corrected chi connectivity index (χ4v) is 1.17. The Bertz CT molecular complexity index is 361. The first-order valence-electron chi connectivity index (χ1n) is 5.31. The van der Waals surface area contributed by atoms with E-state index in [-0.39, 0.29) is 18.0 Å². The van der Waals surface area contributed by atoms with Gasteiger partial charge in [-0.25, -0.2) is 0 Å². The topological polar surface area (TPSA) is 29.1 Å². The van der Waals surface area contributed by atoms with Gasteiger partial charge in [0.05, 0.1) is 5.56 Å². The van der Waals surface area contributed by atoms with E-state index in [1.165, 1.54) is 25.1 Å². The fourth-order valence-electron chi connectivity index (χ4n) is 1.17. The zero-order valence-corrected chi connectivity index (χ0v) is 10.1.